The molecule has 1 N–H and O–H groups in total. The summed E-state index contributed by atoms with van der Waals surface area (Å²) in [5.41, 5.74) is 3.80. The lowest BCUT2D eigenvalue weighted by Gasteiger charge is -2.25. The second-order valence-electron chi connectivity index (χ2n) is 5.52. The Morgan fingerprint density at radius 1 is 1.48 bits per heavy atom. The molecule has 0 aliphatic carbocycles. The summed E-state index contributed by atoms with van der Waals surface area (Å²) in [6.07, 6.45) is 0.956. The van der Waals surface area contributed by atoms with Crippen LogP contribution in [0.2, 0.25) is 0 Å². The third-order valence-corrected chi connectivity index (χ3v) is 4.58. The van der Waals surface area contributed by atoms with Gasteiger partial charge in [-0.3, -0.25) is 9.69 Å². The summed E-state index contributed by atoms with van der Waals surface area (Å²) in [6, 6.07) is 8.66. The van der Waals surface area contributed by atoms with Gasteiger partial charge in [-0.1, -0.05) is 29.8 Å². The van der Waals surface area contributed by atoms with Gasteiger partial charge in [-0.05, 0) is 12.5 Å². The fourth-order valence-electron chi connectivity index (χ4n) is 2.66. The van der Waals surface area contributed by atoms with Crippen molar-refractivity contribution in [2.24, 2.45) is 0 Å². The molecular formula is C16H19N3OS. The van der Waals surface area contributed by atoms with Crippen LogP contribution in [0.25, 0.3) is 0 Å². The lowest BCUT2D eigenvalue weighted by Crippen LogP contribution is -2.29. The molecule has 0 spiro atoms. The van der Waals surface area contributed by atoms with Gasteiger partial charge in [-0.2, -0.15) is 0 Å². The lowest BCUT2D eigenvalue weighted by molar-refractivity contribution is -0.114. The van der Waals surface area contributed by atoms with Crippen LogP contribution < -0.4 is 5.32 Å². The van der Waals surface area contributed by atoms with Crippen molar-refractivity contribution in [3.8, 4) is 0 Å². The van der Waals surface area contributed by atoms with E-state index in [0.717, 1.165) is 36.9 Å². The van der Waals surface area contributed by atoms with Gasteiger partial charge in [0, 0.05) is 37.9 Å². The van der Waals surface area contributed by atoms with Crippen molar-refractivity contribution >= 4 is 22.4 Å². The average Bonchev–Trinajstić information content (AvgIpc) is 2.79. The Labute approximate surface area is 128 Å². The Balaban J connectivity index is 1.69. The smallest absolute Gasteiger partial charge is 0.223 e. The van der Waals surface area contributed by atoms with Crippen molar-refractivity contribution in [3.05, 3.63) is 46.0 Å². The van der Waals surface area contributed by atoms with E-state index in [2.05, 4.69) is 46.4 Å². The number of anilines is 1. The summed E-state index contributed by atoms with van der Waals surface area (Å²) < 4.78 is 0. The van der Waals surface area contributed by atoms with Crippen molar-refractivity contribution in [1.82, 2.24) is 9.88 Å². The molecule has 2 heterocycles. The monoisotopic (exact) mass is 301 g/mol. The molecule has 21 heavy (non-hydrogen) atoms. The van der Waals surface area contributed by atoms with E-state index in [1.807, 2.05) is 0 Å². The number of aromatic nitrogens is 1. The van der Waals surface area contributed by atoms with E-state index in [9.17, 15) is 4.79 Å². The van der Waals surface area contributed by atoms with Gasteiger partial charge >= 0.3 is 0 Å². The molecule has 3 rings (SSSR count). The number of benzene rings is 1. The van der Waals surface area contributed by atoms with Gasteiger partial charge in [-0.15, -0.1) is 11.3 Å². The highest BCUT2D eigenvalue weighted by atomic mass is 32.1. The van der Waals surface area contributed by atoms with Crippen LogP contribution in [-0.4, -0.2) is 22.3 Å². The zero-order valence-electron chi connectivity index (χ0n) is 12.3. The largest absolute Gasteiger partial charge is 0.302 e. The molecule has 1 aliphatic heterocycles. The van der Waals surface area contributed by atoms with E-state index in [4.69, 9.17) is 0 Å². The second-order valence-corrected chi connectivity index (χ2v) is 6.60. The van der Waals surface area contributed by atoms with Gasteiger partial charge in [0.2, 0.25) is 5.91 Å². The first-order chi connectivity index (χ1) is 10.1. The molecule has 0 radical (unpaired) electrons. The van der Waals surface area contributed by atoms with Crippen LogP contribution in [-0.2, 0) is 24.3 Å². The highest BCUT2D eigenvalue weighted by Gasteiger charge is 2.21. The summed E-state index contributed by atoms with van der Waals surface area (Å²) in [7, 11) is 0. The minimum Gasteiger partial charge on any atom is -0.302 e. The molecule has 2 aromatic rings. The number of rotatable bonds is 3. The van der Waals surface area contributed by atoms with E-state index in [0.29, 0.717) is 0 Å². The maximum atomic E-state index is 11.1. The van der Waals surface area contributed by atoms with Crippen molar-refractivity contribution in [1.29, 1.82) is 0 Å². The maximum absolute atomic E-state index is 11.1. The molecule has 0 saturated carbocycles. The minimum atomic E-state index is -0.0577. The zero-order valence-corrected chi connectivity index (χ0v) is 13.2. The Hall–Kier alpha value is -1.72. The summed E-state index contributed by atoms with van der Waals surface area (Å²) in [6.45, 7) is 6.55. The Morgan fingerprint density at radius 3 is 3.10 bits per heavy atom. The number of carbonyl (C=O) groups is 1. The molecule has 110 valence electrons. The molecule has 1 aliphatic rings. The third kappa shape index (κ3) is 3.49. The average molecular weight is 301 g/mol. The molecule has 0 atom stereocenters. The van der Waals surface area contributed by atoms with Gasteiger partial charge in [0.25, 0.3) is 0 Å². The maximum Gasteiger partial charge on any atom is 0.223 e. The molecule has 1 aromatic heterocycles. The number of fused-ring (bicyclic) bond motifs is 1. The molecule has 0 bridgehead atoms. The van der Waals surface area contributed by atoms with Crippen LogP contribution in [0.5, 0.6) is 0 Å². The van der Waals surface area contributed by atoms with Gasteiger partial charge in [0.05, 0.1) is 5.69 Å². The van der Waals surface area contributed by atoms with Gasteiger partial charge in [0.1, 0.15) is 0 Å². The normalized spacial score (nSPS) is 14.8. The number of nitrogens with one attached hydrogen (secondary N) is 1. The topological polar surface area (TPSA) is 45.2 Å². The van der Waals surface area contributed by atoms with E-state index in [1.165, 1.54) is 22.9 Å². The predicted molar refractivity (Wildman–Crippen MR) is 85.4 cm³/mol. The highest BCUT2D eigenvalue weighted by molar-refractivity contribution is 7.15. The molecule has 0 fully saturated rings. The van der Waals surface area contributed by atoms with Crippen LogP contribution in [0.4, 0.5) is 5.13 Å². The summed E-state index contributed by atoms with van der Waals surface area (Å²) in [5.74, 6) is -0.0577. The molecule has 0 saturated heterocycles. The fraction of sp³-hybridized carbons (Fsp3) is 0.375. The molecular weight excluding hydrogens is 282 g/mol. The summed E-state index contributed by atoms with van der Waals surface area (Å²) >= 11 is 1.60. The molecule has 1 aromatic carbocycles. The SMILES string of the molecule is CC(=O)Nc1nc2c(s1)CN(Cc1cccc(C)c1)CC2. The van der Waals surface area contributed by atoms with Crippen molar-refractivity contribution in [2.45, 2.75) is 33.4 Å². The fourth-order valence-corrected chi connectivity index (χ4v) is 3.75. The first-order valence-electron chi connectivity index (χ1n) is 7.14. The van der Waals surface area contributed by atoms with Crippen LogP contribution in [0.15, 0.2) is 24.3 Å². The quantitative estimate of drug-likeness (QED) is 0.948. The first kappa shape index (κ1) is 14.2. The number of hydrogen-bond acceptors (Lipinski definition) is 4. The second kappa shape index (κ2) is 5.95. The van der Waals surface area contributed by atoms with Gasteiger partial charge in [-0.25, -0.2) is 4.98 Å². The Bertz CT molecular complexity index is 665. The van der Waals surface area contributed by atoms with E-state index in [-0.39, 0.29) is 5.91 Å². The zero-order chi connectivity index (χ0) is 14.8. The number of nitrogens with zero attached hydrogens (tertiary/aromatic N) is 2. The van der Waals surface area contributed by atoms with E-state index in [1.54, 1.807) is 11.3 Å². The molecule has 1 amide bonds. The molecule has 5 heteroatoms. The predicted octanol–water partition coefficient (Wildman–Crippen LogP) is 2.97. The molecule has 0 unspecified atom stereocenters. The van der Waals surface area contributed by atoms with Crippen LogP contribution in [0, 0.1) is 6.92 Å². The number of thiazole rings is 1. The number of aryl methyl sites for hydroxylation is 1. The Morgan fingerprint density at radius 2 is 2.33 bits per heavy atom. The lowest BCUT2D eigenvalue weighted by atomic mass is 10.1. The number of hydrogen-bond donors (Lipinski definition) is 1. The van der Waals surface area contributed by atoms with Crippen molar-refractivity contribution < 1.29 is 4.79 Å². The highest BCUT2D eigenvalue weighted by Crippen LogP contribution is 2.29. The van der Waals surface area contributed by atoms with Crippen LogP contribution >= 0.6 is 11.3 Å². The third-order valence-electron chi connectivity index (χ3n) is 3.58. The summed E-state index contributed by atoms with van der Waals surface area (Å²) in [5, 5.41) is 3.51. The number of amides is 1. The standard InChI is InChI=1S/C16H19N3OS/c1-11-4-3-5-13(8-11)9-19-7-6-14-15(10-19)21-16(18-14)17-12(2)20/h3-5,8H,6-7,9-10H2,1-2H3,(H,17,18,20). The minimum absolute atomic E-state index is 0.0577. The van der Waals surface area contributed by atoms with E-state index >= 15 is 0 Å². The van der Waals surface area contributed by atoms with Crippen LogP contribution in [0.3, 0.4) is 0 Å². The Kier molecular flexibility index (Phi) is 4.03. The van der Waals surface area contributed by atoms with E-state index < -0.39 is 0 Å². The molecule has 4 nitrogen and oxygen atoms in total. The first-order valence-corrected chi connectivity index (χ1v) is 7.96. The van der Waals surface area contributed by atoms with Crippen molar-refractivity contribution in [2.75, 3.05) is 11.9 Å². The summed E-state index contributed by atoms with van der Waals surface area (Å²) in [4.78, 5) is 19.3. The van der Waals surface area contributed by atoms with Crippen molar-refractivity contribution in [3.63, 3.8) is 0 Å². The van der Waals surface area contributed by atoms with Gasteiger partial charge in [0.15, 0.2) is 5.13 Å². The van der Waals surface area contributed by atoms with Gasteiger partial charge < -0.3 is 5.32 Å². The van der Waals surface area contributed by atoms with Crippen LogP contribution in [0.1, 0.15) is 28.6 Å². The number of carbonyl (C=O) groups excluding carboxylic acids is 1.